The lowest BCUT2D eigenvalue weighted by molar-refractivity contribution is -0.220. The van der Waals surface area contributed by atoms with Crippen molar-refractivity contribution in [2.75, 3.05) is 13.2 Å². The summed E-state index contributed by atoms with van der Waals surface area (Å²) in [5.74, 6) is -1.43. The van der Waals surface area contributed by atoms with Crippen molar-refractivity contribution in [1.82, 2.24) is 0 Å². The number of esters is 2. The Morgan fingerprint density at radius 1 is 0.613 bits per heavy atom. The molecule has 0 bridgehead atoms. The number of ether oxygens (including phenoxy) is 2. The summed E-state index contributed by atoms with van der Waals surface area (Å²) in [5.41, 5.74) is 0. The highest BCUT2D eigenvalue weighted by atomic mass is 31.2. The van der Waals surface area contributed by atoms with Crippen molar-refractivity contribution in [1.29, 1.82) is 0 Å². The number of aliphatic hydroxyl groups excluding tert-OH is 8. The number of allylic oxidation sites excluding steroid dienone is 7. The van der Waals surface area contributed by atoms with Crippen LogP contribution in [0.5, 0.6) is 0 Å². The van der Waals surface area contributed by atoms with Gasteiger partial charge in [-0.15, -0.1) is 0 Å². The minimum absolute atomic E-state index is 0.00180. The second kappa shape index (κ2) is 34.8. The van der Waals surface area contributed by atoms with Crippen LogP contribution in [0.4, 0.5) is 0 Å². The average Bonchev–Trinajstić information content (AvgIpc) is 3.24. The molecule has 0 radical (unpaired) electrons. The van der Waals surface area contributed by atoms with E-state index in [1.54, 1.807) is 36.5 Å². The number of aliphatic hydroxyl groups is 8. The highest BCUT2D eigenvalue weighted by Gasteiger charge is 2.51. The van der Waals surface area contributed by atoms with E-state index in [0.29, 0.717) is 12.8 Å². The molecular weight excluding hydrogens is 827 g/mol. The average molecular weight is 905 g/mol. The summed E-state index contributed by atoms with van der Waals surface area (Å²) in [6, 6.07) is 0. The molecule has 0 aromatic rings. The molecule has 1 aliphatic rings. The van der Waals surface area contributed by atoms with Crippen molar-refractivity contribution in [3.05, 3.63) is 60.8 Å². The summed E-state index contributed by atoms with van der Waals surface area (Å²) in [4.78, 5) is 35.7. The minimum atomic E-state index is -5.22. The fourth-order valence-corrected chi connectivity index (χ4v) is 7.42. The monoisotopic (exact) mass is 904 g/mol. The summed E-state index contributed by atoms with van der Waals surface area (Å²) in [5, 5.41) is 80.6. The van der Waals surface area contributed by atoms with Gasteiger partial charge in [0.1, 0.15) is 43.2 Å². The predicted octanol–water partition coefficient (Wildman–Crippen LogP) is 5.08. The van der Waals surface area contributed by atoms with E-state index in [0.717, 1.165) is 32.1 Å². The molecule has 0 amide bonds. The topological polar surface area (TPSA) is 270 Å². The maximum atomic E-state index is 12.8. The van der Waals surface area contributed by atoms with Gasteiger partial charge in [0.2, 0.25) is 0 Å². The molecule has 9 N–H and O–H groups in total. The zero-order valence-electron chi connectivity index (χ0n) is 36.7. The summed E-state index contributed by atoms with van der Waals surface area (Å²) in [7, 11) is -5.22. The van der Waals surface area contributed by atoms with E-state index < -0.39 is 94.0 Å². The van der Waals surface area contributed by atoms with Crippen LogP contribution in [0.25, 0.3) is 0 Å². The van der Waals surface area contributed by atoms with Gasteiger partial charge in [-0.3, -0.25) is 18.6 Å². The molecule has 17 heteroatoms. The summed E-state index contributed by atoms with van der Waals surface area (Å²) in [6.45, 7) is 2.80. The molecule has 0 spiro atoms. The first-order chi connectivity index (χ1) is 29.6. The van der Waals surface area contributed by atoms with E-state index in [4.69, 9.17) is 18.5 Å². The molecule has 62 heavy (non-hydrogen) atoms. The smallest absolute Gasteiger partial charge is 0.462 e. The molecule has 0 aromatic carbocycles. The van der Waals surface area contributed by atoms with Crippen molar-refractivity contribution >= 4 is 19.8 Å². The maximum absolute atomic E-state index is 12.8. The van der Waals surface area contributed by atoms with E-state index in [1.807, 2.05) is 19.1 Å². The number of carbonyl (C=O) groups is 2. The summed E-state index contributed by atoms with van der Waals surface area (Å²) >= 11 is 0. The number of phosphoric acid groups is 1. The van der Waals surface area contributed by atoms with Crippen LogP contribution >= 0.6 is 7.82 Å². The van der Waals surface area contributed by atoms with Crippen LogP contribution in [0, 0.1) is 0 Å². The van der Waals surface area contributed by atoms with Gasteiger partial charge in [-0.2, -0.15) is 0 Å². The second-order valence-electron chi connectivity index (χ2n) is 15.7. The van der Waals surface area contributed by atoms with Crippen LogP contribution in [0.3, 0.4) is 0 Å². The SMILES string of the molecule is CC/C=C\C[C@H](O)/C=C/C=C/C=C\C=C/[C@@H](O)[C@H](O)CCCC(=O)O[C@H](COC(=O)CCCCCCCCCCCCCCC)COP(=O)(O)OC1[C@H](O)[C@H](O)C(O)[C@H](O)[C@H]1O. The van der Waals surface area contributed by atoms with E-state index in [1.165, 1.54) is 63.5 Å². The van der Waals surface area contributed by atoms with Crippen molar-refractivity contribution in [2.45, 2.75) is 197 Å². The van der Waals surface area contributed by atoms with Gasteiger partial charge in [-0.25, -0.2) is 4.57 Å². The Bertz CT molecular complexity index is 1370. The maximum Gasteiger partial charge on any atom is 0.472 e. The lowest BCUT2D eigenvalue weighted by Crippen LogP contribution is -2.64. The van der Waals surface area contributed by atoms with Crippen molar-refractivity contribution in [2.24, 2.45) is 0 Å². The van der Waals surface area contributed by atoms with Gasteiger partial charge >= 0.3 is 19.8 Å². The van der Waals surface area contributed by atoms with Gasteiger partial charge in [0.25, 0.3) is 0 Å². The highest BCUT2D eigenvalue weighted by Crippen LogP contribution is 2.47. The molecule has 0 saturated heterocycles. The predicted molar refractivity (Wildman–Crippen MR) is 234 cm³/mol. The molecule has 16 nitrogen and oxygen atoms in total. The number of hydrogen-bond donors (Lipinski definition) is 9. The lowest BCUT2D eigenvalue weighted by Gasteiger charge is -2.41. The van der Waals surface area contributed by atoms with Crippen molar-refractivity contribution in [3.63, 3.8) is 0 Å². The van der Waals surface area contributed by atoms with E-state index in [-0.39, 0.29) is 25.7 Å². The van der Waals surface area contributed by atoms with Gasteiger partial charge in [0, 0.05) is 12.8 Å². The summed E-state index contributed by atoms with van der Waals surface area (Å²) < 4.78 is 33.2. The Morgan fingerprint density at radius 3 is 1.68 bits per heavy atom. The van der Waals surface area contributed by atoms with Crippen molar-refractivity contribution in [3.8, 4) is 0 Å². The van der Waals surface area contributed by atoms with Crippen LogP contribution in [0.1, 0.15) is 136 Å². The summed E-state index contributed by atoms with van der Waals surface area (Å²) in [6.07, 6.45) is 16.3. The van der Waals surface area contributed by atoms with E-state index in [9.17, 15) is 59.9 Å². The van der Waals surface area contributed by atoms with Gasteiger partial charge in [0.15, 0.2) is 6.10 Å². The molecule has 1 fully saturated rings. The molecule has 3 unspecified atom stereocenters. The third-order valence-corrected chi connectivity index (χ3v) is 11.2. The Balaban J connectivity index is 2.64. The molecule has 0 aliphatic heterocycles. The van der Waals surface area contributed by atoms with Crippen LogP contribution in [-0.4, -0.2) is 132 Å². The standard InChI is InChI=1S/C45H77O16P/c1-3-5-7-8-9-10-11-12-13-14-15-20-24-30-38(49)58-32-35(33-59-62(56,57)61-45-43(54)41(52)40(51)42(53)44(45)55)60-39(50)31-25-29-37(48)36(47)28-23-19-17-16-18-22-27-34(46)26-21-6-4-2/h6,16-19,21-23,27-28,34-37,40-48,51-55H,3-5,7-15,20,24-26,29-33H2,1-2H3,(H,56,57)/b18-16+,19-17-,21-6-,27-22+,28-23-/t34-,35+,36+,37+,40?,41-,42+,43+,44+,45?/m0/s1. The molecule has 358 valence electrons. The Morgan fingerprint density at radius 2 is 1.11 bits per heavy atom. The number of phosphoric ester groups is 1. The van der Waals surface area contributed by atoms with Gasteiger partial charge in [-0.05, 0) is 32.1 Å². The highest BCUT2D eigenvalue weighted by molar-refractivity contribution is 7.47. The molecule has 11 atom stereocenters. The fraction of sp³-hybridized carbons (Fsp3) is 0.733. The first kappa shape index (κ1) is 57.4. The van der Waals surface area contributed by atoms with Crippen LogP contribution in [-0.2, 0) is 32.7 Å². The normalized spacial score (nSPS) is 24.0. The third kappa shape index (κ3) is 26.9. The van der Waals surface area contributed by atoms with E-state index in [2.05, 4.69) is 6.92 Å². The van der Waals surface area contributed by atoms with Gasteiger partial charge in [0.05, 0.1) is 24.9 Å². The number of hydrogen-bond acceptors (Lipinski definition) is 15. The number of rotatable bonds is 35. The Labute approximate surface area is 368 Å². The van der Waals surface area contributed by atoms with Gasteiger partial charge < -0.3 is 55.2 Å². The first-order valence-corrected chi connectivity index (χ1v) is 23.9. The third-order valence-electron chi connectivity index (χ3n) is 10.2. The van der Waals surface area contributed by atoms with Crippen molar-refractivity contribution < 1.29 is 78.4 Å². The van der Waals surface area contributed by atoms with E-state index >= 15 is 0 Å². The van der Waals surface area contributed by atoms with Gasteiger partial charge in [-0.1, -0.05) is 152 Å². The zero-order chi connectivity index (χ0) is 46.2. The molecule has 0 aromatic heterocycles. The van der Waals surface area contributed by atoms with Crippen LogP contribution < -0.4 is 0 Å². The molecular formula is C45H77O16P. The molecule has 1 saturated carbocycles. The quantitative estimate of drug-likeness (QED) is 0.0132. The minimum Gasteiger partial charge on any atom is -0.462 e. The lowest BCUT2D eigenvalue weighted by atomic mass is 9.85. The zero-order valence-corrected chi connectivity index (χ0v) is 37.6. The first-order valence-electron chi connectivity index (χ1n) is 22.4. The molecule has 1 rings (SSSR count). The number of unbranched alkanes of at least 4 members (excludes halogenated alkanes) is 12. The molecule has 0 heterocycles. The largest absolute Gasteiger partial charge is 0.472 e. The van der Waals surface area contributed by atoms with Crippen LogP contribution in [0.2, 0.25) is 0 Å². The molecule has 1 aliphatic carbocycles. The number of carbonyl (C=O) groups excluding carboxylic acids is 2. The Hall–Kier alpha value is -2.57. The van der Waals surface area contributed by atoms with Crippen LogP contribution in [0.15, 0.2) is 60.8 Å². The fourth-order valence-electron chi connectivity index (χ4n) is 6.45. The Kier molecular flexibility index (Phi) is 32.2. The second-order valence-corrected chi connectivity index (χ2v) is 17.2.